The smallest absolute Gasteiger partial charge is 0.306 e. The van der Waals surface area contributed by atoms with Crippen molar-refractivity contribution in [3.05, 3.63) is 0 Å². The third-order valence-electron chi connectivity index (χ3n) is 4.78. The average molecular weight is 341 g/mol. The van der Waals surface area contributed by atoms with Crippen molar-refractivity contribution in [2.24, 2.45) is 0 Å². The highest BCUT2D eigenvalue weighted by Crippen LogP contribution is 2.13. The first-order chi connectivity index (χ1) is 11.7. The summed E-state index contributed by atoms with van der Waals surface area (Å²) in [5.41, 5.74) is 0. The summed E-state index contributed by atoms with van der Waals surface area (Å²) in [6.45, 7) is 6.52. The Morgan fingerprint density at radius 3 is 1.58 bits per heavy atom. The molecule has 0 saturated heterocycles. The number of carbonyl (C=O) groups excluding carboxylic acids is 1. The van der Waals surface area contributed by atoms with Gasteiger partial charge in [-0.25, -0.2) is 0 Å². The van der Waals surface area contributed by atoms with Gasteiger partial charge in [0.2, 0.25) is 0 Å². The topological polar surface area (TPSA) is 26.3 Å². The zero-order chi connectivity index (χ0) is 17.9. The Balaban J connectivity index is 3.28. The molecular formula is C22H44O2. The molecule has 0 fully saturated rings. The van der Waals surface area contributed by atoms with Crippen LogP contribution in [0.5, 0.6) is 0 Å². The maximum absolute atomic E-state index is 11.8. The van der Waals surface area contributed by atoms with Crippen LogP contribution in [0.3, 0.4) is 0 Å². The van der Waals surface area contributed by atoms with Gasteiger partial charge in [-0.1, -0.05) is 97.3 Å². The summed E-state index contributed by atoms with van der Waals surface area (Å²) in [7, 11) is 0. The SMILES string of the molecule is CCCCCCCCCCCCCC(=O)O[C@@H](C)CCCCCC. The summed E-state index contributed by atoms with van der Waals surface area (Å²) in [6, 6.07) is 0. The Morgan fingerprint density at radius 1 is 0.667 bits per heavy atom. The van der Waals surface area contributed by atoms with Crippen LogP contribution in [0.15, 0.2) is 0 Å². The second kappa shape index (κ2) is 18.8. The highest BCUT2D eigenvalue weighted by Gasteiger charge is 2.08. The molecule has 0 aliphatic heterocycles. The van der Waals surface area contributed by atoms with E-state index in [0.29, 0.717) is 6.42 Å². The Morgan fingerprint density at radius 2 is 1.08 bits per heavy atom. The zero-order valence-electron chi connectivity index (χ0n) is 16.9. The lowest BCUT2D eigenvalue weighted by Crippen LogP contribution is -2.14. The Kier molecular flexibility index (Phi) is 18.4. The van der Waals surface area contributed by atoms with Gasteiger partial charge in [0.25, 0.3) is 0 Å². The van der Waals surface area contributed by atoms with E-state index in [4.69, 9.17) is 4.74 Å². The average Bonchev–Trinajstić information content (AvgIpc) is 2.56. The molecule has 0 amide bonds. The fraction of sp³-hybridized carbons (Fsp3) is 0.955. The van der Waals surface area contributed by atoms with Crippen LogP contribution >= 0.6 is 0 Å². The third-order valence-corrected chi connectivity index (χ3v) is 4.78. The van der Waals surface area contributed by atoms with Gasteiger partial charge in [-0.2, -0.15) is 0 Å². The molecule has 0 aliphatic carbocycles. The number of hydrogen-bond donors (Lipinski definition) is 0. The molecule has 0 bridgehead atoms. The fourth-order valence-corrected chi connectivity index (χ4v) is 3.13. The summed E-state index contributed by atoms with van der Waals surface area (Å²) in [5.74, 6) is 0.00826. The number of ether oxygens (including phenoxy) is 1. The van der Waals surface area contributed by atoms with Gasteiger partial charge in [-0.3, -0.25) is 4.79 Å². The highest BCUT2D eigenvalue weighted by molar-refractivity contribution is 5.69. The van der Waals surface area contributed by atoms with Crippen LogP contribution in [-0.2, 0) is 9.53 Å². The molecule has 0 heterocycles. The van der Waals surface area contributed by atoms with Gasteiger partial charge in [0.15, 0.2) is 0 Å². The monoisotopic (exact) mass is 340 g/mol. The van der Waals surface area contributed by atoms with Crippen LogP contribution in [0, 0.1) is 0 Å². The molecule has 0 saturated carbocycles. The van der Waals surface area contributed by atoms with Gasteiger partial charge in [-0.15, -0.1) is 0 Å². The van der Waals surface area contributed by atoms with E-state index in [9.17, 15) is 4.79 Å². The molecule has 0 aliphatic rings. The summed E-state index contributed by atoms with van der Waals surface area (Å²) in [5, 5.41) is 0. The number of unbranched alkanes of at least 4 members (excludes halogenated alkanes) is 13. The Bertz CT molecular complexity index is 263. The van der Waals surface area contributed by atoms with E-state index >= 15 is 0 Å². The number of esters is 1. The first-order valence-corrected chi connectivity index (χ1v) is 10.9. The lowest BCUT2D eigenvalue weighted by molar-refractivity contribution is -0.148. The van der Waals surface area contributed by atoms with Crippen molar-refractivity contribution >= 4 is 5.97 Å². The molecule has 0 unspecified atom stereocenters. The first kappa shape index (κ1) is 23.5. The van der Waals surface area contributed by atoms with Crippen molar-refractivity contribution in [3.8, 4) is 0 Å². The van der Waals surface area contributed by atoms with Crippen LogP contribution in [-0.4, -0.2) is 12.1 Å². The summed E-state index contributed by atoms with van der Waals surface area (Å²) < 4.78 is 5.48. The van der Waals surface area contributed by atoms with Gasteiger partial charge >= 0.3 is 5.97 Å². The minimum Gasteiger partial charge on any atom is -0.463 e. The maximum Gasteiger partial charge on any atom is 0.306 e. The van der Waals surface area contributed by atoms with Crippen molar-refractivity contribution < 1.29 is 9.53 Å². The predicted octanol–water partition coefficient (Wildman–Crippen LogP) is 7.59. The molecular weight excluding hydrogens is 296 g/mol. The van der Waals surface area contributed by atoms with Crippen molar-refractivity contribution in [2.45, 2.75) is 136 Å². The lowest BCUT2D eigenvalue weighted by Gasteiger charge is -2.13. The fourth-order valence-electron chi connectivity index (χ4n) is 3.13. The Labute approximate surface area is 152 Å². The largest absolute Gasteiger partial charge is 0.463 e. The zero-order valence-corrected chi connectivity index (χ0v) is 16.9. The number of rotatable bonds is 18. The van der Waals surface area contributed by atoms with E-state index in [1.165, 1.54) is 89.9 Å². The summed E-state index contributed by atoms with van der Waals surface area (Å²) in [6.07, 6.45) is 21.2. The van der Waals surface area contributed by atoms with E-state index in [-0.39, 0.29) is 12.1 Å². The van der Waals surface area contributed by atoms with Crippen molar-refractivity contribution in [1.29, 1.82) is 0 Å². The molecule has 0 aromatic carbocycles. The minimum absolute atomic E-state index is 0.00826. The van der Waals surface area contributed by atoms with Gasteiger partial charge in [-0.05, 0) is 26.2 Å². The minimum atomic E-state index is 0.00826. The van der Waals surface area contributed by atoms with Crippen LogP contribution in [0.2, 0.25) is 0 Å². The molecule has 2 heteroatoms. The summed E-state index contributed by atoms with van der Waals surface area (Å²) >= 11 is 0. The molecule has 0 aromatic heterocycles. The molecule has 0 spiro atoms. The molecule has 0 aromatic rings. The van der Waals surface area contributed by atoms with Crippen LogP contribution < -0.4 is 0 Å². The predicted molar refractivity (Wildman–Crippen MR) is 105 cm³/mol. The third kappa shape index (κ3) is 17.8. The molecule has 0 N–H and O–H groups in total. The molecule has 1 atom stereocenters. The van der Waals surface area contributed by atoms with Crippen LogP contribution in [0.25, 0.3) is 0 Å². The van der Waals surface area contributed by atoms with Crippen LogP contribution in [0.4, 0.5) is 0 Å². The van der Waals surface area contributed by atoms with E-state index < -0.39 is 0 Å². The van der Waals surface area contributed by atoms with Gasteiger partial charge < -0.3 is 4.74 Å². The van der Waals surface area contributed by atoms with E-state index in [0.717, 1.165) is 12.8 Å². The van der Waals surface area contributed by atoms with Crippen molar-refractivity contribution in [1.82, 2.24) is 0 Å². The molecule has 2 nitrogen and oxygen atoms in total. The molecule has 144 valence electrons. The quantitative estimate of drug-likeness (QED) is 0.190. The summed E-state index contributed by atoms with van der Waals surface area (Å²) in [4.78, 5) is 11.8. The first-order valence-electron chi connectivity index (χ1n) is 10.9. The molecule has 0 rings (SSSR count). The maximum atomic E-state index is 11.8. The van der Waals surface area contributed by atoms with Crippen molar-refractivity contribution in [3.63, 3.8) is 0 Å². The molecule has 24 heavy (non-hydrogen) atoms. The van der Waals surface area contributed by atoms with E-state index in [2.05, 4.69) is 13.8 Å². The van der Waals surface area contributed by atoms with Gasteiger partial charge in [0, 0.05) is 6.42 Å². The van der Waals surface area contributed by atoms with E-state index in [1.807, 2.05) is 6.92 Å². The van der Waals surface area contributed by atoms with Gasteiger partial charge in [0.05, 0.1) is 6.10 Å². The highest BCUT2D eigenvalue weighted by atomic mass is 16.5. The number of hydrogen-bond acceptors (Lipinski definition) is 2. The normalized spacial score (nSPS) is 12.3. The molecule has 0 radical (unpaired) electrons. The Hall–Kier alpha value is -0.530. The standard InChI is InChI=1S/C22H44O2/c1-4-6-8-10-11-12-13-14-15-16-18-20-22(23)24-21(3)19-17-9-7-5-2/h21H,4-20H2,1-3H3/t21-/m0/s1. The van der Waals surface area contributed by atoms with Crippen molar-refractivity contribution in [2.75, 3.05) is 0 Å². The van der Waals surface area contributed by atoms with Gasteiger partial charge in [0.1, 0.15) is 0 Å². The second-order valence-corrected chi connectivity index (χ2v) is 7.44. The van der Waals surface area contributed by atoms with E-state index in [1.54, 1.807) is 0 Å². The lowest BCUT2D eigenvalue weighted by atomic mass is 10.1. The number of carbonyl (C=O) groups is 1. The second-order valence-electron chi connectivity index (χ2n) is 7.44. The van der Waals surface area contributed by atoms with Crippen LogP contribution in [0.1, 0.15) is 130 Å².